The van der Waals surface area contributed by atoms with Gasteiger partial charge in [0.15, 0.2) is 0 Å². The Kier molecular flexibility index (Phi) is 5.79. The summed E-state index contributed by atoms with van der Waals surface area (Å²) < 4.78 is 5.21. The number of nitro benzene ring substituents is 1. The largest absolute Gasteiger partial charge is 0.462 e. The van der Waals surface area contributed by atoms with Gasteiger partial charge < -0.3 is 10.1 Å². The number of thiophene rings is 1. The number of anilines is 1. The molecule has 7 nitrogen and oxygen atoms in total. The monoisotopic (exact) mass is 402 g/mol. The van der Waals surface area contributed by atoms with Crippen molar-refractivity contribution in [3.63, 3.8) is 0 Å². The molecule has 0 fully saturated rings. The SMILES string of the molecule is CCOC(=O)c1c(NC(=O)c2ccc([N+](=O)[O-])c(C)c2)sc2c1CCC(C)C2. The first-order valence-corrected chi connectivity index (χ1v) is 10.0. The number of nitrogens with zero attached hydrogens (tertiary/aromatic N) is 1. The Bertz CT molecular complexity index is 950. The van der Waals surface area contributed by atoms with E-state index in [-0.39, 0.29) is 12.3 Å². The fourth-order valence-corrected chi connectivity index (χ4v) is 4.83. The van der Waals surface area contributed by atoms with E-state index in [1.807, 2.05) is 0 Å². The Balaban J connectivity index is 1.93. The summed E-state index contributed by atoms with van der Waals surface area (Å²) in [5.41, 5.74) is 2.09. The van der Waals surface area contributed by atoms with Crippen LogP contribution in [0.4, 0.5) is 10.7 Å². The molecule has 0 bridgehead atoms. The van der Waals surface area contributed by atoms with Crippen LogP contribution < -0.4 is 5.32 Å². The Morgan fingerprint density at radius 3 is 2.79 bits per heavy atom. The summed E-state index contributed by atoms with van der Waals surface area (Å²) in [6.45, 7) is 5.76. The Morgan fingerprint density at radius 2 is 2.14 bits per heavy atom. The third-order valence-corrected chi connectivity index (χ3v) is 6.04. The standard InChI is InChI=1S/C20H22N2O5S/c1-4-27-20(24)17-14-7-5-11(2)9-16(14)28-19(17)21-18(23)13-6-8-15(22(25)26)12(3)10-13/h6,8,10-11H,4-5,7,9H2,1-3H3,(H,21,23). The van der Waals surface area contributed by atoms with E-state index in [1.54, 1.807) is 13.8 Å². The molecule has 0 saturated carbocycles. The van der Waals surface area contributed by atoms with Crippen LogP contribution in [0, 0.1) is 23.0 Å². The first-order valence-electron chi connectivity index (χ1n) is 9.19. The first-order chi connectivity index (χ1) is 13.3. The number of ether oxygens (including phenoxy) is 1. The molecule has 3 rings (SSSR count). The zero-order valence-corrected chi connectivity index (χ0v) is 16.9. The van der Waals surface area contributed by atoms with Crippen molar-refractivity contribution in [2.45, 2.75) is 40.0 Å². The predicted octanol–water partition coefficient (Wildman–Crippen LogP) is 4.52. The minimum Gasteiger partial charge on any atom is -0.462 e. The molecule has 1 aromatic heterocycles. The number of amides is 1. The zero-order chi connectivity index (χ0) is 20.4. The van der Waals surface area contributed by atoms with Crippen LogP contribution in [0.15, 0.2) is 18.2 Å². The Labute approximate surface area is 166 Å². The van der Waals surface area contributed by atoms with Gasteiger partial charge in [-0.2, -0.15) is 0 Å². The van der Waals surface area contributed by atoms with Gasteiger partial charge in [0.2, 0.25) is 0 Å². The molecule has 1 N–H and O–H groups in total. The zero-order valence-electron chi connectivity index (χ0n) is 16.0. The molecule has 1 atom stereocenters. The molecule has 148 valence electrons. The molecule has 1 amide bonds. The third-order valence-electron chi connectivity index (χ3n) is 4.87. The second-order valence-electron chi connectivity index (χ2n) is 6.99. The number of carbonyl (C=O) groups is 2. The fourth-order valence-electron chi connectivity index (χ4n) is 3.43. The van der Waals surface area contributed by atoms with Gasteiger partial charge in [-0.15, -0.1) is 11.3 Å². The van der Waals surface area contributed by atoms with E-state index in [2.05, 4.69) is 12.2 Å². The van der Waals surface area contributed by atoms with Gasteiger partial charge in [0.1, 0.15) is 5.00 Å². The quantitative estimate of drug-likeness (QED) is 0.450. The lowest BCUT2D eigenvalue weighted by molar-refractivity contribution is -0.385. The third kappa shape index (κ3) is 3.91. The number of benzene rings is 1. The van der Waals surface area contributed by atoms with Crippen LogP contribution in [0.25, 0.3) is 0 Å². The van der Waals surface area contributed by atoms with Crippen LogP contribution in [0.1, 0.15) is 57.0 Å². The number of aryl methyl sites for hydroxylation is 1. The smallest absolute Gasteiger partial charge is 0.341 e. The highest BCUT2D eigenvalue weighted by Gasteiger charge is 2.29. The maximum Gasteiger partial charge on any atom is 0.341 e. The summed E-state index contributed by atoms with van der Waals surface area (Å²) in [4.78, 5) is 36.9. The molecule has 0 aliphatic heterocycles. The average Bonchev–Trinajstić information content (AvgIpc) is 2.98. The lowest BCUT2D eigenvalue weighted by atomic mass is 9.88. The van der Waals surface area contributed by atoms with Gasteiger partial charge in [-0.1, -0.05) is 6.92 Å². The molecular weight excluding hydrogens is 380 g/mol. The van der Waals surface area contributed by atoms with Crippen LogP contribution in [0.3, 0.4) is 0 Å². The highest BCUT2D eigenvalue weighted by atomic mass is 32.1. The number of hydrogen-bond donors (Lipinski definition) is 1. The molecule has 8 heteroatoms. The number of esters is 1. The van der Waals surface area contributed by atoms with Gasteiger partial charge in [-0.25, -0.2) is 4.79 Å². The first kappa shape index (κ1) is 20.0. The predicted molar refractivity (Wildman–Crippen MR) is 107 cm³/mol. The van der Waals surface area contributed by atoms with Crippen molar-refractivity contribution in [3.05, 3.63) is 55.4 Å². The normalized spacial score (nSPS) is 15.6. The highest BCUT2D eigenvalue weighted by Crippen LogP contribution is 2.40. The van der Waals surface area contributed by atoms with Crippen LogP contribution in [-0.2, 0) is 17.6 Å². The van der Waals surface area contributed by atoms with Gasteiger partial charge in [-0.3, -0.25) is 14.9 Å². The van der Waals surface area contributed by atoms with Gasteiger partial charge in [0.25, 0.3) is 11.6 Å². The molecule has 1 aliphatic carbocycles. The van der Waals surface area contributed by atoms with Crippen LogP contribution in [-0.4, -0.2) is 23.4 Å². The number of fused-ring (bicyclic) bond motifs is 1. The average molecular weight is 402 g/mol. The maximum atomic E-state index is 12.7. The van der Waals surface area contributed by atoms with Crippen molar-refractivity contribution in [2.24, 2.45) is 5.92 Å². The topological polar surface area (TPSA) is 98.5 Å². The number of carbonyl (C=O) groups excluding carboxylic acids is 2. The summed E-state index contributed by atoms with van der Waals surface area (Å²) in [6, 6.07) is 4.21. The second kappa shape index (κ2) is 8.10. The summed E-state index contributed by atoms with van der Waals surface area (Å²) >= 11 is 1.41. The lowest BCUT2D eigenvalue weighted by Gasteiger charge is -2.18. The van der Waals surface area contributed by atoms with Crippen LogP contribution >= 0.6 is 11.3 Å². The van der Waals surface area contributed by atoms with Crippen molar-refractivity contribution in [3.8, 4) is 0 Å². The van der Waals surface area contributed by atoms with Crippen LogP contribution in [0.2, 0.25) is 0 Å². The van der Waals surface area contributed by atoms with E-state index in [9.17, 15) is 19.7 Å². The number of nitro groups is 1. The highest BCUT2D eigenvalue weighted by molar-refractivity contribution is 7.17. The number of nitrogens with one attached hydrogen (secondary N) is 1. The molecule has 0 radical (unpaired) electrons. The number of hydrogen-bond acceptors (Lipinski definition) is 6. The van der Waals surface area contributed by atoms with E-state index < -0.39 is 16.8 Å². The summed E-state index contributed by atoms with van der Waals surface area (Å²) in [7, 11) is 0. The number of rotatable bonds is 5. The molecule has 2 aromatic rings. The summed E-state index contributed by atoms with van der Waals surface area (Å²) in [5, 5.41) is 14.3. The maximum absolute atomic E-state index is 12.7. The minimum absolute atomic E-state index is 0.0377. The molecule has 1 aliphatic rings. The Hall–Kier alpha value is -2.74. The molecule has 28 heavy (non-hydrogen) atoms. The molecule has 0 saturated heterocycles. The minimum atomic E-state index is -0.482. The molecule has 1 heterocycles. The van der Waals surface area contributed by atoms with Crippen molar-refractivity contribution >= 4 is 33.9 Å². The van der Waals surface area contributed by atoms with Crippen molar-refractivity contribution in [1.29, 1.82) is 0 Å². The van der Waals surface area contributed by atoms with Crippen molar-refractivity contribution in [2.75, 3.05) is 11.9 Å². The van der Waals surface area contributed by atoms with Gasteiger partial charge in [0, 0.05) is 22.1 Å². The second-order valence-corrected chi connectivity index (χ2v) is 8.09. The lowest BCUT2D eigenvalue weighted by Crippen LogP contribution is -2.16. The van der Waals surface area contributed by atoms with E-state index >= 15 is 0 Å². The fraction of sp³-hybridized carbons (Fsp3) is 0.400. The van der Waals surface area contributed by atoms with E-state index in [4.69, 9.17) is 4.74 Å². The molecule has 1 unspecified atom stereocenters. The van der Waals surface area contributed by atoms with E-state index in [0.717, 1.165) is 29.7 Å². The summed E-state index contributed by atoms with van der Waals surface area (Å²) in [6.07, 6.45) is 2.65. The Morgan fingerprint density at radius 1 is 1.39 bits per heavy atom. The van der Waals surface area contributed by atoms with Gasteiger partial charge in [0.05, 0.1) is 17.1 Å². The van der Waals surface area contributed by atoms with E-state index in [1.165, 1.54) is 29.5 Å². The van der Waals surface area contributed by atoms with E-state index in [0.29, 0.717) is 27.6 Å². The van der Waals surface area contributed by atoms with Crippen molar-refractivity contribution < 1.29 is 19.2 Å². The molecular formula is C20H22N2O5S. The van der Waals surface area contributed by atoms with Crippen LogP contribution in [0.5, 0.6) is 0 Å². The van der Waals surface area contributed by atoms with Gasteiger partial charge >= 0.3 is 5.97 Å². The van der Waals surface area contributed by atoms with Crippen molar-refractivity contribution in [1.82, 2.24) is 0 Å². The molecule has 1 aromatic carbocycles. The summed E-state index contributed by atoms with van der Waals surface area (Å²) in [5.74, 6) is -0.304. The molecule has 0 spiro atoms. The van der Waals surface area contributed by atoms with Gasteiger partial charge in [-0.05, 0) is 56.7 Å².